The second-order valence-corrected chi connectivity index (χ2v) is 6.14. The van der Waals surface area contributed by atoms with Crippen molar-refractivity contribution >= 4 is 28.1 Å². The van der Waals surface area contributed by atoms with Crippen molar-refractivity contribution in [2.75, 3.05) is 16.8 Å². The molecule has 128 valence electrons. The number of nitrogens with one attached hydrogen (secondary N) is 1. The van der Waals surface area contributed by atoms with E-state index in [0.29, 0.717) is 23.7 Å². The summed E-state index contributed by atoms with van der Waals surface area (Å²) in [5.41, 5.74) is 17.2. The van der Waals surface area contributed by atoms with Crippen LogP contribution in [0.1, 0.15) is 5.56 Å². The van der Waals surface area contributed by atoms with Crippen LogP contribution in [0.3, 0.4) is 0 Å². The highest BCUT2D eigenvalue weighted by molar-refractivity contribution is 5.79. The summed E-state index contributed by atoms with van der Waals surface area (Å²) in [6.45, 7) is 0.627. The van der Waals surface area contributed by atoms with Crippen LogP contribution in [-0.4, -0.2) is 9.97 Å². The molecule has 0 spiro atoms. The van der Waals surface area contributed by atoms with Gasteiger partial charge in [0.25, 0.3) is 0 Å². The SMILES string of the molecule is Nc1cccc(-c2ccc(N)c(NCc3ccc4ncccc4c3)n2)c1. The number of anilines is 3. The van der Waals surface area contributed by atoms with Crippen molar-refractivity contribution in [2.24, 2.45) is 0 Å². The quantitative estimate of drug-likeness (QED) is 0.487. The Bertz CT molecular complexity index is 1070. The minimum absolute atomic E-state index is 0.611. The molecule has 0 radical (unpaired) electrons. The first-order valence-corrected chi connectivity index (χ1v) is 8.39. The molecule has 2 aromatic carbocycles. The Morgan fingerprint density at radius 2 is 1.81 bits per heavy atom. The van der Waals surface area contributed by atoms with Crippen LogP contribution in [0, 0.1) is 0 Å². The summed E-state index contributed by atoms with van der Waals surface area (Å²) in [6, 6.07) is 21.6. The minimum Gasteiger partial charge on any atom is -0.399 e. The molecule has 0 aliphatic carbocycles. The van der Waals surface area contributed by atoms with E-state index < -0.39 is 0 Å². The molecule has 5 nitrogen and oxygen atoms in total. The van der Waals surface area contributed by atoms with Crippen molar-refractivity contribution in [3.63, 3.8) is 0 Å². The van der Waals surface area contributed by atoms with Crippen LogP contribution in [0.25, 0.3) is 22.2 Å². The summed E-state index contributed by atoms with van der Waals surface area (Å²) in [5.74, 6) is 0.663. The lowest BCUT2D eigenvalue weighted by atomic mass is 10.1. The fourth-order valence-corrected chi connectivity index (χ4v) is 2.89. The molecule has 5 heteroatoms. The molecule has 0 aliphatic heterocycles. The zero-order chi connectivity index (χ0) is 17.9. The molecular weight excluding hydrogens is 322 g/mol. The van der Waals surface area contributed by atoms with E-state index in [1.165, 1.54) is 0 Å². The van der Waals surface area contributed by atoms with Crippen LogP contribution < -0.4 is 16.8 Å². The number of nitrogen functional groups attached to an aromatic ring is 2. The van der Waals surface area contributed by atoms with Gasteiger partial charge in [-0.05, 0) is 48.0 Å². The first-order chi connectivity index (χ1) is 12.7. The molecule has 0 atom stereocenters. The van der Waals surface area contributed by atoms with E-state index in [0.717, 1.165) is 27.7 Å². The van der Waals surface area contributed by atoms with E-state index in [1.54, 1.807) is 6.20 Å². The Kier molecular flexibility index (Phi) is 4.11. The number of rotatable bonds is 4. The standard InChI is InChI=1S/C21H19N5/c22-17-5-1-3-16(12-17)20-9-7-18(23)21(26-20)25-13-14-6-8-19-15(11-14)4-2-10-24-19/h1-12H,13,22-23H2,(H,25,26). The fourth-order valence-electron chi connectivity index (χ4n) is 2.89. The molecule has 0 fully saturated rings. The van der Waals surface area contributed by atoms with E-state index in [2.05, 4.69) is 33.5 Å². The zero-order valence-corrected chi connectivity index (χ0v) is 14.2. The van der Waals surface area contributed by atoms with Crippen molar-refractivity contribution in [1.82, 2.24) is 9.97 Å². The molecule has 0 saturated heterocycles. The summed E-state index contributed by atoms with van der Waals surface area (Å²) < 4.78 is 0. The summed E-state index contributed by atoms with van der Waals surface area (Å²) in [4.78, 5) is 9.00. The number of hydrogen-bond acceptors (Lipinski definition) is 5. The number of aromatic nitrogens is 2. The molecule has 0 bridgehead atoms. The lowest BCUT2D eigenvalue weighted by molar-refractivity contribution is 1.12. The predicted molar refractivity (Wildman–Crippen MR) is 108 cm³/mol. The number of nitrogens with two attached hydrogens (primary N) is 2. The number of pyridine rings is 2. The van der Waals surface area contributed by atoms with Crippen molar-refractivity contribution in [3.8, 4) is 11.3 Å². The van der Waals surface area contributed by atoms with Gasteiger partial charge in [0.15, 0.2) is 0 Å². The molecule has 0 unspecified atom stereocenters. The normalized spacial score (nSPS) is 10.8. The predicted octanol–water partition coefficient (Wildman–Crippen LogP) is 4.07. The minimum atomic E-state index is 0.611. The second kappa shape index (κ2) is 6.72. The van der Waals surface area contributed by atoms with Crippen LogP contribution in [0.5, 0.6) is 0 Å². The van der Waals surface area contributed by atoms with Crippen LogP contribution in [0.4, 0.5) is 17.2 Å². The lowest BCUT2D eigenvalue weighted by Gasteiger charge is -2.11. The van der Waals surface area contributed by atoms with E-state index in [9.17, 15) is 0 Å². The Balaban J connectivity index is 1.58. The van der Waals surface area contributed by atoms with Crippen molar-refractivity contribution in [3.05, 3.63) is 78.5 Å². The molecule has 26 heavy (non-hydrogen) atoms. The highest BCUT2D eigenvalue weighted by Crippen LogP contribution is 2.25. The van der Waals surface area contributed by atoms with Gasteiger partial charge in [-0.1, -0.05) is 24.3 Å². The third kappa shape index (κ3) is 3.28. The molecule has 4 rings (SSSR count). The van der Waals surface area contributed by atoms with Crippen molar-refractivity contribution in [2.45, 2.75) is 6.54 Å². The molecule has 4 aromatic rings. The first kappa shape index (κ1) is 15.9. The Morgan fingerprint density at radius 3 is 2.69 bits per heavy atom. The second-order valence-electron chi connectivity index (χ2n) is 6.14. The van der Waals surface area contributed by atoms with Gasteiger partial charge in [0.05, 0.1) is 16.9 Å². The summed E-state index contributed by atoms with van der Waals surface area (Å²) in [5, 5.41) is 4.44. The van der Waals surface area contributed by atoms with E-state index in [1.807, 2.05) is 48.5 Å². The van der Waals surface area contributed by atoms with Gasteiger partial charge in [0.2, 0.25) is 0 Å². The first-order valence-electron chi connectivity index (χ1n) is 8.39. The highest BCUT2D eigenvalue weighted by atomic mass is 15.0. The summed E-state index contributed by atoms with van der Waals surface area (Å²) in [7, 11) is 0. The van der Waals surface area contributed by atoms with Gasteiger partial charge in [-0.2, -0.15) is 0 Å². The highest BCUT2D eigenvalue weighted by Gasteiger charge is 2.06. The zero-order valence-electron chi connectivity index (χ0n) is 14.2. The van der Waals surface area contributed by atoms with Crippen LogP contribution in [0.2, 0.25) is 0 Å². The fraction of sp³-hybridized carbons (Fsp3) is 0.0476. The van der Waals surface area contributed by atoms with Crippen LogP contribution in [-0.2, 0) is 6.54 Å². The largest absolute Gasteiger partial charge is 0.399 e. The van der Waals surface area contributed by atoms with Gasteiger partial charge >= 0.3 is 0 Å². The smallest absolute Gasteiger partial charge is 0.150 e. The maximum atomic E-state index is 6.09. The van der Waals surface area contributed by atoms with Gasteiger partial charge in [-0.3, -0.25) is 4.98 Å². The summed E-state index contributed by atoms with van der Waals surface area (Å²) >= 11 is 0. The Morgan fingerprint density at radius 1 is 0.885 bits per heavy atom. The molecule has 0 amide bonds. The monoisotopic (exact) mass is 341 g/mol. The van der Waals surface area contributed by atoms with E-state index in [-0.39, 0.29) is 0 Å². The summed E-state index contributed by atoms with van der Waals surface area (Å²) in [6.07, 6.45) is 1.80. The number of nitrogens with zero attached hydrogens (tertiary/aromatic N) is 2. The molecule has 0 aliphatic rings. The van der Waals surface area contributed by atoms with Gasteiger partial charge in [-0.15, -0.1) is 0 Å². The molecule has 2 heterocycles. The van der Waals surface area contributed by atoms with Gasteiger partial charge in [0.1, 0.15) is 5.82 Å². The molecule has 2 aromatic heterocycles. The average Bonchev–Trinajstić information content (AvgIpc) is 2.67. The number of fused-ring (bicyclic) bond motifs is 1. The molecular formula is C21H19N5. The van der Waals surface area contributed by atoms with Gasteiger partial charge < -0.3 is 16.8 Å². The maximum Gasteiger partial charge on any atom is 0.150 e. The van der Waals surface area contributed by atoms with Crippen molar-refractivity contribution in [1.29, 1.82) is 0 Å². The third-order valence-corrected chi connectivity index (χ3v) is 4.24. The maximum absolute atomic E-state index is 6.09. The van der Waals surface area contributed by atoms with E-state index in [4.69, 9.17) is 11.5 Å². The lowest BCUT2D eigenvalue weighted by Crippen LogP contribution is -2.05. The van der Waals surface area contributed by atoms with Gasteiger partial charge in [-0.25, -0.2) is 4.98 Å². The van der Waals surface area contributed by atoms with Crippen LogP contribution in [0.15, 0.2) is 72.9 Å². The molecule has 5 N–H and O–H groups in total. The topological polar surface area (TPSA) is 89.8 Å². The van der Waals surface area contributed by atoms with E-state index >= 15 is 0 Å². The molecule has 0 saturated carbocycles. The van der Waals surface area contributed by atoms with Crippen LogP contribution >= 0.6 is 0 Å². The Labute approximate surface area is 151 Å². The third-order valence-electron chi connectivity index (χ3n) is 4.24. The Hall–Kier alpha value is -3.60. The van der Waals surface area contributed by atoms with Gasteiger partial charge in [0, 0.05) is 29.4 Å². The number of hydrogen-bond donors (Lipinski definition) is 3. The van der Waals surface area contributed by atoms with Crippen molar-refractivity contribution < 1.29 is 0 Å². The average molecular weight is 341 g/mol. The number of benzene rings is 2.